The van der Waals surface area contributed by atoms with Crippen molar-refractivity contribution in [2.45, 2.75) is 6.42 Å². The maximum atomic E-state index is 5.56. The molecular formula is C11H14N6S. The summed E-state index contributed by atoms with van der Waals surface area (Å²) in [5, 5.41) is 11.5. The van der Waals surface area contributed by atoms with Crippen LogP contribution in [0, 0.1) is 0 Å². The quantitative estimate of drug-likeness (QED) is 0.811. The molecule has 18 heavy (non-hydrogen) atoms. The predicted molar refractivity (Wildman–Crippen MR) is 73.6 cm³/mol. The number of anilines is 2. The number of rotatable bonds is 5. The van der Waals surface area contributed by atoms with Crippen LogP contribution in [0.1, 0.15) is 6.42 Å². The summed E-state index contributed by atoms with van der Waals surface area (Å²) >= 11 is 4.92. The standard InChI is InChI=1S/C11H14N6S/c1-16-11(13-14-15-16)17(8-7-10(12)18)9-5-3-2-4-6-9/h2-6H,7-8H2,1H3,(H2,12,18). The fraction of sp³-hybridized carbons (Fsp3) is 0.273. The molecule has 0 saturated carbocycles. The van der Waals surface area contributed by atoms with Crippen molar-refractivity contribution >= 4 is 28.8 Å². The highest BCUT2D eigenvalue weighted by Gasteiger charge is 2.15. The predicted octanol–water partition coefficient (Wildman–Crippen LogP) is 1.02. The molecule has 0 amide bonds. The van der Waals surface area contributed by atoms with Gasteiger partial charge >= 0.3 is 0 Å². The van der Waals surface area contributed by atoms with Gasteiger partial charge < -0.3 is 10.6 Å². The molecule has 94 valence electrons. The van der Waals surface area contributed by atoms with E-state index in [0.29, 0.717) is 23.9 Å². The Labute approximate surface area is 110 Å². The fourth-order valence-corrected chi connectivity index (χ4v) is 1.72. The van der Waals surface area contributed by atoms with Crippen molar-refractivity contribution in [3.8, 4) is 0 Å². The van der Waals surface area contributed by atoms with E-state index in [-0.39, 0.29) is 0 Å². The SMILES string of the molecule is Cn1nnnc1N(CCC(N)=S)c1ccccc1. The van der Waals surface area contributed by atoms with E-state index >= 15 is 0 Å². The topological polar surface area (TPSA) is 72.9 Å². The lowest BCUT2D eigenvalue weighted by atomic mass is 10.3. The van der Waals surface area contributed by atoms with Crippen molar-refractivity contribution in [2.75, 3.05) is 11.4 Å². The van der Waals surface area contributed by atoms with E-state index in [9.17, 15) is 0 Å². The Morgan fingerprint density at radius 2 is 2.11 bits per heavy atom. The zero-order valence-corrected chi connectivity index (χ0v) is 10.8. The van der Waals surface area contributed by atoms with Crippen molar-refractivity contribution in [3.63, 3.8) is 0 Å². The second-order valence-electron chi connectivity index (χ2n) is 3.81. The van der Waals surface area contributed by atoms with Crippen LogP contribution in [0.4, 0.5) is 11.6 Å². The van der Waals surface area contributed by atoms with Crippen LogP contribution in [0.5, 0.6) is 0 Å². The Bertz CT molecular complexity index is 523. The Morgan fingerprint density at radius 1 is 1.39 bits per heavy atom. The normalized spacial score (nSPS) is 10.3. The molecular weight excluding hydrogens is 248 g/mol. The maximum Gasteiger partial charge on any atom is 0.249 e. The first-order chi connectivity index (χ1) is 8.68. The Hall–Kier alpha value is -2.02. The maximum absolute atomic E-state index is 5.56. The fourth-order valence-electron chi connectivity index (χ4n) is 1.63. The van der Waals surface area contributed by atoms with Gasteiger partial charge in [0.05, 0.1) is 4.99 Å². The Kier molecular flexibility index (Phi) is 3.83. The summed E-state index contributed by atoms with van der Waals surface area (Å²) in [7, 11) is 1.80. The van der Waals surface area contributed by atoms with E-state index in [0.717, 1.165) is 5.69 Å². The summed E-state index contributed by atoms with van der Waals surface area (Å²) in [5.74, 6) is 0.664. The highest BCUT2D eigenvalue weighted by molar-refractivity contribution is 7.80. The number of aryl methyl sites for hydroxylation is 1. The molecule has 2 N–H and O–H groups in total. The Balaban J connectivity index is 2.29. The van der Waals surface area contributed by atoms with Crippen molar-refractivity contribution in [2.24, 2.45) is 12.8 Å². The van der Waals surface area contributed by atoms with Crippen LogP contribution in [0.3, 0.4) is 0 Å². The average molecular weight is 262 g/mol. The largest absolute Gasteiger partial charge is 0.393 e. The van der Waals surface area contributed by atoms with Gasteiger partial charge in [0, 0.05) is 25.7 Å². The van der Waals surface area contributed by atoms with Crippen LogP contribution in [0.15, 0.2) is 30.3 Å². The van der Waals surface area contributed by atoms with E-state index in [2.05, 4.69) is 15.5 Å². The number of hydrogen-bond acceptors (Lipinski definition) is 5. The second kappa shape index (κ2) is 5.54. The van der Waals surface area contributed by atoms with Gasteiger partial charge in [-0.15, -0.1) is 0 Å². The van der Waals surface area contributed by atoms with Gasteiger partial charge in [-0.25, -0.2) is 4.68 Å². The molecule has 0 unspecified atom stereocenters. The minimum Gasteiger partial charge on any atom is -0.393 e. The molecule has 0 spiro atoms. The van der Waals surface area contributed by atoms with E-state index in [1.807, 2.05) is 35.2 Å². The van der Waals surface area contributed by atoms with Gasteiger partial charge in [-0.3, -0.25) is 0 Å². The third-order valence-electron chi connectivity index (χ3n) is 2.49. The van der Waals surface area contributed by atoms with Gasteiger partial charge in [-0.2, -0.15) is 0 Å². The molecule has 0 aliphatic heterocycles. The molecule has 2 rings (SSSR count). The molecule has 0 fully saturated rings. The second-order valence-corrected chi connectivity index (χ2v) is 4.33. The lowest BCUT2D eigenvalue weighted by Crippen LogP contribution is -2.25. The highest BCUT2D eigenvalue weighted by Crippen LogP contribution is 2.21. The number of aromatic nitrogens is 4. The van der Waals surface area contributed by atoms with Crippen LogP contribution >= 0.6 is 12.2 Å². The number of para-hydroxylation sites is 1. The van der Waals surface area contributed by atoms with Crippen molar-refractivity contribution < 1.29 is 0 Å². The summed E-state index contributed by atoms with van der Waals surface area (Å²) in [6.07, 6.45) is 0.608. The molecule has 0 atom stereocenters. The zero-order chi connectivity index (χ0) is 13.0. The van der Waals surface area contributed by atoms with Crippen LogP contribution in [-0.2, 0) is 7.05 Å². The lowest BCUT2D eigenvalue weighted by molar-refractivity contribution is 0.702. The molecule has 1 heterocycles. The van der Waals surface area contributed by atoms with Crippen molar-refractivity contribution in [1.29, 1.82) is 0 Å². The Morgan fingerprint density at radius 3 is 2.67 bits per heavy atom. The molecule has 2 aromatic rings. The summed E-state index contributed by atoms with van der Waals surface area (Å²) < 4.78 is 1.62. The van der Waals surface area contributed by atoms with Gasteiger partial charge in [0.25, 0.3) is 0 Å². The van der Waals surface area contributed by atoms with Gasteiger partial charge in [0.2, 0.25) is 5.95 Å². The van der Waals surface area contributed by atoms with Crippen LogP contribution in [-0.4, -0.2) is 31.7 Å². The molecule has 0 saturated heterocycles. The van der Waals surface area contributed by atoms with Crippen molar-refractivity contribution in [1.82, 2.24) is 20.2 Å². The van der Waals surface area contributed by atoms with E-state index in [1.165, 1.54) is 0 Å². The molecule has 1 aromatic carbocycles. The number of nitrogens with zero attached hydrogens (tertiary/aromatic N) is 5. The van der Waals surface area contributed by atoms with Crippen molar-refractivity contribution in [3.05, 3.63) is 30.3 Å². The summed E-state index contributed by atoms with van der Waals surface area (Å²) in [4.78, 5) is 2.46. The van der Waals surface area contributed by atoms with E-state index in [1.54, 1.807) is 11.7 Å². The first-order valence-corrected chi connectivity index (χ1v) is 5.92. The molecule has 0 bridgehead atoms. The van der Waals surface area contributed by atoms with Gasteiger partial charge in [0.1, 0.15) is 0 Å². The number of thiocarbonyl (C=S) groups is 1. The molecule has 0 aliphatic rings. The number of hydrogen-bond donors (Lipinski definition) is 1. The van der Waals surface area contributed by atoms with Crippen LogP contribution < -0.4 is 10.6 Å². The highest BCUT2D eigenvalue weighted by atomic mass is 32.1. The minimum atomic E-state index is 0.478. The monoisotopic (exact) mass is 262 g/mol. The van der Waals surface area contributed by atoms with Crippen LogP contribution in [0.2, 0.25) is 0 Å². The lowest BCUT2D eigenvalue weighted by Gasteiger charge is -2.22. The molecule has 1 aromatic heterocycles. The summed E-state index contributed by atoms with van der Waals surface area (Å²) in [6.45, 7) is 0.646. The number of tetrazole rings is 1. The van der Waals surface area contributed by atoms with E-state index < -0.39 is 0 Å². The molecule has 6 nitrogen and oxygen atoms in total. The summed E-state index contributed by atoms with van der Waals surface area (Å²) in [6, 6.07) is 9.88. The number of nitrogens with two attached hydrogens (primary N) is 1. The third-order valence-corrected chi connectivity index (χ3v) is 2.69. The van der Waals surface area contributed by atoms with Gasteiger partial charge in [0.15, 0.2) is 0 Å². The number of benzene rings is 1. The minimum absolute atomic E-state index is 0.478. The molecule has 0 radical (unpaired) electrons. The van der Waals surface area contributed by atoms with E-state index in [4.69, 9.17) is 18.0 Å². The first kappa shape index (κ1) is 12.4. The molecule has 0 aliphatic carbocycles. The van der Waals surface area contributed by atoms with Gasteiger partial charge in [-0.1, -0.05) is 35.5 Å². The van der Waals surface area contributed by atoms with Gasteiger partial charge in [-0.05, 0) is 22.6 Å². The molecule has 7 heteroatoms. The third kappa shape index (κ3) is 2.80. The zero-order valence-electron chi connectivity index (χ0n) is 10.0. The first-order valence-electron chi connectivity index (χ1n) is 5.51. The average Bonchev–Trinajstić information content (AvgIpc) is 2.77. The summed E-state index contributed by atoms with van der Waals surface area (Å²) in [5.41, 5.74) is 6.56. The smallest absolute Gasteiger partial charge is 0.249 e. The van der Waals surface area contributed by atoms with Crippen LogP contribution in [0.25, 0.3) is 0 Å².